The summed E-state index contributed by atoms with van der Waals surface area (Å²) in [4.78, 5) is 47.4. The van der Waals surface area contributed by atoms with Gasteiger partial charge in [-0.1, -0.05) is 19.8 Å². The fourth-order valence-electron chi connectivity index (χ4n) is 3.88. The monoisotopic (exact) mass is 374 g/mol. The second-order valence-corrected chi connectivity index (χ2v) is 6.54. The maximum absolute atomic E-state index is 11.2. The van der Waals surface area contributed by atoms with Crippen molar-refractivity contribution in [1.82, 2.24) is 9.80 Å². The zero-order chi connectivity index (χ0) is 19.9. The SMILES string of the molecule is CCC1CCCC(N(CC(=O)O)CC(=O)O)C1N(CC(=O)O)CC(=O)O. The smallest absolute Gasteiger partial charge is 0.317 e. The van der Waals surface area contributed by atoms with Crippen LogP contribution in [0.4, 0.5) is 0 Å². The molecular formula is C16H26N2O8. The van der Waals surface area contributed by atoms with Crippen LogP contribution in [-0.2, 0) is 19.2 Å². The van der Waals surface area contributed by atoms with Gasteiger partial charge in [0.15, 0.2) is 0 Å². The predicted octanol–water partition coefficient (Wildman–Crippen LogP) is -0.124. The Morgan fingerprint density at radius 3 is 1.58 bits per heavy atom. The molecule has 10 nitrogen and oxygen atoms in total. The van der Waals surface area contributed by atoms with E-state index in [2.05, 4.69) is 0 Å². The molecule has 1 aliphatic carbocycles. The number of rotatable bonds is 11. The van der Waals surface area contributed by atoms with Crippen LogP contribution in [0.3, 0.4) is 0 Å². The van der Waals surface area contributed by atoms with Crippen molar-refractivity contribution in [3.05, 3.63) is 0 Å². The highest BCUT2D eigenvalue weighted by Crippen LogP contribution is 2.34. The molecule has 0 aromatic carbocycles. The van der Waals surface area contributed by atoms with Crippen molar-refractivity contribution in [2.45, 2.75) is 44.7 Å². The Balaban J connectivity index is 3.23. The predicted molar refractivity (Wildman–Crippen MR) is 88.9 cm³/mol. The number of hydrogen-bond donors (Lipinski definition) is 4. The van der Waals surface area contributed by atoms with E-state index in [1.54, 1.807) is 0 Å². The zero-order valence-electron chi connectivity index (χ0n) is 14.7. The quantitative estimate of drug-likeness (QED) is 0.384. The lowest BCUT2D eigenvalue weighted by Crippen LogP contribution is -2.60. The van der Waals surface area contributed by atoms with Crippen molar-refractivity contribution in [2.24, 2.45) is 5.92 Å². The molecule has 0 amide bonds. The van der Waals surface area contributed by atoms with Crippen molar-refractivity contribution in [3.8, 4) is 0 Å². The van der Waals surface area contributed by atoms with Crippen LogP contribution >= 0.6 is 0 Å². The molecule has 10 heteroatoms. The molecule has 0 aromatic rings. The van der Waals surface area contributed by atoms with Gasteiger partial charge in [-0.3, -0.25) is 29.0 Å². The van der Waals surface area contributed by atoms with Crippen LogP contribution in [0.1, 0.15) is 32.6 Å². The maximum Gasteiger partial charge on any atom is 0.317 e. The number of nitrogens with zero attached hydrogens (tertiary/aromatic N) is 2. The molecule has 1 aliphatic rings. The highest BCUT2D eigenvalue weighted by atomic mass is 16.4. The minimum absolute atomic E-state index is 0.0439. The first-order valence-corrected chi connectivity index (χ1v) is 8.50. The normalized spacial score (nSPS) is 23.1. The van der Waals surface area contributed by atoms with Crippen molar-refractivity contribution < 1.29 is 39.6 Å². The molecule has 3 unspecified atom stereocenters. The van der Waals surface area contributed by atoms with Gasteiger partial charge in [-0.2, -0.15) is 0 Å². The summed E-state index contributed by atoms with van der Waals surface area (Å²) in [5.74, 6) is -4.79. The Hall–Kier alpha value is -2.20. The van der Waals surface area contributed by atoms with E-state index in [-0.39, 0.29) is 5.92 Å². The summed E-state index contributed by atoms with van der Waals surface area (Å²) < 4.78 is 0. The highest BCUT2D eigenvalue weighted by molar-refractivity contribution is 5.73. The fraction of sp³-hybridized carbons (Fsp3) is 0.750. The number of carboxylic acids is 4. The number of hydrogen-bond acceptors (Lipinski definition) is 6. The molecule has 0 aliphatic heterocycles. The summed E-state index contributed by atoms with van der Waals surface area (Å²) in [6.45, 7) is -0.107. The van der Waals surface area contributed by atoms with Crippen LogP contribution < -0.4 is 0 Å². The first kappa shape index (κ1) is 21.8. The standard InChI is InChI=1S/C16H26N2O8/c1-2-10-4-3-5-11(17(6-12(19)20)7-13(21)22)16(10)18(8-14(23)24)9-15(25)26/h10-11,16H,2-9H2,1H3,(H,19,20)(H,21,22)(H,23,24)(H,25,26). The fourth-order valence-corrected chi connectivity index (χ4v) is 3.88. The molecular weight excluding hydrogens is 348 g/mol. The van der Waals surface area contributed by atoms with Crippen molar-refractivity contribution >= 4 is 23.9 Å². The molecule has 0 saturated heterocycles. The third kappa shape index (κ3) is 6.60. The van der Waals surface area contributed by atoms with Gasteiger partial charge in [0.05, 0.1) is 26.2 Å². The van der Waals surface area contributed by atoms with Gasteiger partial charge in [-0.25, -0.2) is 0 Å². The molecule has 0 heterocycles. The Morgan fingerprint density at radius 1 is 0.769 bits per heavy atom. The zero-order valence-corrected chi connectivity index (χ0v) is 14.7. The highest BCUT2D eigenvalue weighted by Gasteiger charge is 2.41. The van der Waals surface area contributed by atoms with Gasteiger partial charge >= 0.3 is 23.9 Å². The number of carbonyl (C=O) groups is 4. The average molecular weight is 374 g/mol. The van der Waals surface area contributed by atoms with Crippen LogP contribution in [0.2, 0.25) is 0 Å². The first-order valence-electron chi connectivity index (χ1n) is 8.50. The van der Waals surface area contributed by atoms with Crippen LogP contribution in [0, 0.1) is 5.92 Å². The van der Waals surface area contributed by atoms with Gasteiger partial charge in [0, 0.05) is 12.1 Å². The summed E-state index contributed by atoms with van der Waals surface area (Å²) in [5, 5.41) is 36.6. The number of carboxylic acid groups (broad SMARTS) is 4. The molecule has 1 fully saturated rings. The van der Waals surface area contributed by atoms with Crippen molar-refractivity contribution in [2.75, 3.05) is 26.2 Å². The summed E-state index contributed by atoms with van der Waals surface area (Å²) in [7, 11) is 0. The van der Waals surface area contributed by atoms with Crippen LogP contribution in [0.15, 0.2) is 0 Å². The Labute approximate surface area is 151 Å². The van der Waals surface area contributed by atoms with E-state index in [9.17, 15) is 19.2 Å². The molecule has 1 saturated carbocycles. The van der Waals surface area contributed by atoms with E-state index in [1.165, 1.54) is 9.80 Å². The average Bonchev–Trinajstić information content (AvgIpc) is 2.51. The largest absolute Gasteiger partial charge is 0.480 e. The maximum atomic E-state index is 11.2. The van der Waals surface area contributed by atoms with Crippen molar-refractivity contribution in [1.29, 1.82) is 0 Å². The van der Waals surface area contributed by atoms with E-state index in [0.29, 0.717) is 12.8 Å². The molecule has 0 spiro atoms. The Bertz CT molecular complexity index is 506. The molecule has 0 radical (unpaired) electrons. The molecule has 3 atom stereocenters. The molecule has 1 rings (SSSR count). The van der Waals surface area contributed by atoms with Crippen LogP contribution in [-0.4, -0.2) is 92.4 Å². The van der Waals surface area contributed by atoms with Gasteiger partial charge in [0.25, 0.3) is 0 Å². The van der Waals surface area contributed by atoms with Gasteiger partial charge in [0.2, 0.25) is 0 Å². The van der Waals surface area contributed by atoms with E-state index < -0.39 is 62.1 Å². The second-order valence-electron chi connectivity index (χ2n) is 6.54. The van der Waals surface area contributed by atoms with Gasteiger partial charge in [0.1, 0.15) is 0 Å². The Kier molecular flexibility index (Phi) is 8.46. The second kappa shape index (κ2) is 10.1. The molecule has 0 aromatic heterocycles. The summed E-state index contributed by atoms with van der Waals surface area (Å²) in [5.41, 5.74) is 0. The van der Waals surface area contributed by atoms with Gasteiger partial charge in [-0.05, 0) is 18.8 Å². The van der Waals surface area contributed by atoms with E-state index in [1.807, 2.05) is 6.92 Å². The molecule has 26 heavy (non-hydrogen) atoms. The van der Waals surface area contributed by atoms with Crippen molar-refractivity contribution in [3.63, 3.8) is 0 Å². The molecule has 4 N–H and O–H groups in total. The summed E-state index contributed by atoms with van der Waals surface area (Å²) >= 11 is 0. The summed E-state index contributed by atoms with van der Waals surface area (Å²) in [6, 6.07) is -1.08. The van der Waals surface area contributed by atoms with Crippen LogP contribution in [0.25, 0.3) is 0 Å². The summed E-state index contributed by atoms with van der Waals surface area (Å²) in [6.07, 6.45) is 2.63. The van der Waals surface area contributed by atoms with E-state index >= 15 is 0 Å². The lowest BCUT2D eigenvalue weighted by Gasteiger charge is -2.47. The van der Waals surface area contributed by atoms with Gasteiger partial charge < -0.3 is 20.4 Å². The third-order valence-electron chi connectivity index (χ3n) is 4.72. The minimum Gasteiger partial charge on any atom is -0.480 e. The van der Waals surface area contributed by atoms with E-state index in [0.717, 1.165) is 12.8 Å². The molecule has 0 bridgehead atoms. The minimum atomic E-state index is -1.19. The number of aliphatic carboxylic acids is 4. The van der Waals surface area contributed by atoms with Crippen LogP contribution in [0.5, 0.6) is 0 Å². The lowest BCUT2D eigenvalue weighted by atomic mass is 9.77. The lowest BCUT2D eigenvalue weighted by molar-refractivity contribution is -0.150. The third-order valence-corrected chi connectivity index (χ3v) is 4.72. The topological polar surface area (TPSA) is 156 Å². The first-order chi connectivity index (χ1) is 12.1. The van der Waals surface area contributed by atoms with E-state index in [4.69, 9.17) is 20.4 Å². The molecule has 148 valence electrons. The van der Waals surface area contributed by atoms with Gasteiger partial charge in [-0.15, -0.1) is 0 Å². The Morgan fingerprint density at radius 2 is 1.19 bits per heavy atom.